The predicted molar refractivity (Wildman–Crippen MR) is 125 cm³/mol. The molecule has 1 aromatic rings. The summed E-state index contributed by atoms with van der Waals surface area (Å²) in [4.78, 5) is 24.4. The Labute approximate surface area is 185 Å². The van der Waals surface area contributed by atoms with Crippen LogP contribution in [0.15, 0.2) is 47.7 Å². The van der Waals surface area contributed by atoms with E-state index < -0.39 is 0 Å². The van der Waals surface area contributed by atoms with Crippen molar-refractivity contribution >= 4 is 17.4 Å². The number of hydrogen-bond donors (Lipinski definition) is 0. The molecule has 4 rings (SSSR count). The lowest BCUT2D eigenvalue weighted by atomic mass is 9.76. The highest BCUT2D eigenvalue weighted by Crippen LogP contribution is 2.40. The Kier molecular flexibility index (Phi) is 6.46. The predicted octanol–water partition coefficient (Wildman–Crippen LogP) is 3.34. The molecular weight excluding hydrogens is 388 g/mol. The highest BCUT2D eigenvalue weighted by Gasteiger charge is 2.35. The zero-order valence-electron chi connectivity index (χ0n) is 19.0. The number of rotatable bonds is 3. The molecule has 0 spiro atoms. The number of allylic oxidation sites excluding steroid dienone is 2. The van der Waals surface area contributed by atoms with Crippen LogP contribution in [0.4, 0.5) is 5.69 Å². The Bertz CT molecular complexity index is 895. The van der Waals surface area contributed by atoms with E-state index in [1.165, 1.54) is 11.1 Å². The Hall–Kier alpha value is -2.60. The number of benzene rings is 1. The number of hydrogen-bond acceptors (Lipinski definition) is 5. The number of anilines is 1. The first-order valence-electron chi connectivity index (χ1n) is 11.3. The number of carbonyl (C=O) groups is 1. The number of nitrogens with zero attached hydrogens (tertiary/aromatic N) is 4. The van der Waals surface area contributed by atoms with Crippen LogP contribution in [0.2, 0.25) is 0 Å². The smallest absolute Gasteiger partial charge is 0.227 e. The van der Waals surface area contributed by atoms with Gasteiger partial charge in [-0.1, -0.05) is 49.4 Å². The molecule has 0 aliphatic carbocycles. The van der Waals surface area contributed by atoms with Crippen molar-refractivity contribution in [1.29, 1.82) is 0 Å². The van der Waals surface area contributed by atoms with Crippen molar-refractivity contribution in [2.45, 2.75) is 38.5 Å². The van der Waals surface area contributed by atoms with E-state index in [0.717, 1.165) is 57.1 Å². The maximum atomic E-state index is 12.3. The minimum atomic E-state index is -0.107. The van der Waals surface area contributed by atoms with Crippen LogP contribution in [0, 0.1) is 0 Å². The van der Waals surface area contributed by atoms with Gasteiger partial charge in [-0.05, 0) is 29.7 Å². The van der Waals surface area contributed by atoms with Crippen molar-refractivity contribution in [2.24, 2.45) is 5.16 Å². The maximum absolute atomic E-state index is 12.3. The van der Waals surface area contributed by atoms with Crippen LogP contribution >= 0.6 is 0 Å². The Morgan fingerprint density at radius 1 is 1.10 bits per heavy atom. The molecule has 3 aliphatic rings. The number of amides is 1. The highest BCUT2D eigenvalue weighted by molar-refractivity contribution is 5.97. The standard InChI is InChI=1S/C25H34N4O2/c1-25(2)19-24(30)27(3)22-10-9-20(18-21(22)25)11-12-28-13-15-29(16-14-28)23-8-6-4-5-7-17-31-26-23/h4-7,9-10,18H,8,11-17,19H2,1-3H3/b6-4-,7-5-,26-23+. The molecule has 0 N–H and O–H groups in total. The van der Waals surface area contributed by atoms with Gasteiger partial charge in [-0.25, -0.2) is 0 Å². The van der Waals surface area contributed by atoms with Gasteiger partial charge in [-0.2, -0.15) is 0 Å². The van der Waals surface area contributed by atoms with E-state index in [2.05, 4.69) is 59.2 Å². The van der Waals surface area contributed by atoms with Gasteiger partial charge in [0.2, 0.25) is 5.91 Å². The van der Waals surface area contributed by atoms with E-state index in [-0.39, 0.29) is 11.3 Å². The molecule has 0 bridgehead atoms. The van der Waals surface area contributed by atoms with Gasteiger partial charge in [-0.3, -0.25) is 9.69 Å². The van der Waals surface area contributed by atoms with Gasteiger partial charge in [-0.15, -0.1) is 0 Å². The molecule has 3 heterocycles. The molecule has 0 atom stereocenters. The number of carbonyl (C=O) groups excluding carboxylic acids is 1. The molecule has 0 saturated carbocycles. The summed E-state index contributed by atoms with van der Waals surface area (Å²) in [6, 6.07) is 6.63. The zero-order chi connectivity index (χ0) is 21.8. The maximum Gasteiger partial charge on any atom is 0.227 e. The molecular formula is C25H34N4O2. The van der Waals surface area contributed by atoms with Gasteiger partial charge in [0, 0.05) is 63.7 Å². The number of fused-ring (bicyclic) bond motifs is 1. The molecule has 0 unspecified atom stereocenters. The normalized spacial score (nSPS) is 25.4. The third kappa shape index (κ3) is 5.01. The number of amidine groups is 1. The molecule has 6 nitrogen and oxygen atoms in total. The minimum Gasteiger partial charge on any atom is -0.390 e. The molecule has 31 heavy (non-hydrogen) atoms. The number of oxime groups is 1. The van der Waals surface area contributed by atoms with Crippen LogP contribution in [0.3, 0.4) is 0 Å². The molecule has 1 amide bonds. The Morgan fingerprint density at radius 2 is 1.87 bits per heavy atom. The van der Waals surface area contributed by atoms with E-state index in [1.54, 1.807) is 4.90 Å². The summed E-state index contributed by atoms with van der Waals surface area (Å²) in [5.41, 5.74) is 3.59. The SMILES string of the molecule is CN1C(=O)CC(C)(C)c2cc(CCN3CCN(/C4=N/OC/C=C\C=C/C4)CC3)ccc21. The summed E-state index contributed by atoms with van der Waals surface area (Å²) in [5, 5.41) is 4.35. The van der Waals surface area contributed by atoms with E-state index >= 15 is 0 Å². The fraction of sp³-hybridized carbons (Fsp3) is 0.520. The van der Waals surface area contributed by atoms with Crippen LogP contribution < -0.4 is 4.90 Å². The Morgan fingerprint density at radius 3 is 2.68 bits per heavy atom. The van der Waals surface area contributed by atoms with Crippen LogP contribution in [0.1, 0.15) is 37.8 Å². The lowest BCUT2D eigenvalue weighted by Crippen LogP contribution is -2.49. The first-order valence-corrected chi connectivity index (χ1v) is 11.3. The molecule has 3 aliphatic heterocycles. The summed E-state index contributed by atoms with van der Waals surface area (Å²) in [6.45, 7) is 9.96. The van der Waals surface area contributed by atoms with Gasteiger partial charge in [0.25, 0.3) is 0 Å². The fourth-order valence-electron chi connectivity index (χ4n) is 4.58. The summed E-state index contributed by atoms with van der Waals surface area (Å²) >= 11 is 0. The average Bonchev–Trinajstić information content (AvgIpc) is 2.90. The monoisotopic (exact) mass is 422 g/mol. The summed E-state index contributed by atoms with van der Waals surface area (Å²) in [6.07, 6.45) is 10.6. The first kappa shape index (κ1) is 21.6. The third-order valence-corrected chi connectivity index (χ3v) is 6.60. The van der Waals surface area contributed by atoms with Crippen molar-refractivity contribution in [3.8, 4) is 0 Å². The molecule has 166 valence electrons. The van der Waals surface area contributed by atoms with Gasteiger partial charge >= 0.3 is 0 Å². The minimum absolute atomic E-state index is 0.107. The summed E-state index contributed by atoms with van der Waals surface area (Å²) in [5.74, 6) is 1.22. The lowest BCUT2D eigenvalue weighted by molar-refractivity contribution is -0.119. The molecule has 6 heteroatoms. The highest BCUT2D eigenvalue weighted by atomic mass is 16.6. The van der Waals surface area contributed by atoms with Crippen LogP contribution in [-0.4, -0.2) is 67.9 Å². The van der Waals surface area contributed by atoms with Gasteiger partial charge in [0.15, 0.2) is 0 Å². The van der Waals surface area contributed by atoms with E-state index in [1.807, 2.05) is 19.2 Å². The largest absolute Gasteiger partial charge is 0.390 e. The van der Waals surface area contributed by atoms with E-state index in [4.69, 9.17) is 4.84 Å². The van der Waals surface area contributed by atoms with Crippen LogP contribution in [0.25, 0.3) is 0 Å². The second-order valence-electron chi connectivity index (χ2n) is 9.31. The van der Waals surface area contributed by atoms with Crippen molar-refractivity contribution in [1.82, 2.24) is 9.80 Å². The second kappa shape index (κ2) is 9.27. The van der Waals surface area contributed by atoms with Gasteiger partial charge in [0.1, 0.15) is 12.4 Å². The molecule has 0 radical (unpaired) electrons. The van der Waals surface area contributed by atoms with E-state index in [9.17, 15) is 4.79 Å². The zero-order valence-corrected chi connectivity index (χ0v) is 19.0. The van der Waals surface area contributed by atoms with Crippen molar-refractivity contribution < 1.29 is 9.63 Å². The van der Waals surface area contributed by atoms with Crippen molar-refractivity contribution in [2.75, 3.05) is 51.3 Å². The van der Waals surface area contributed by atoms with Crippen molar-refractivity contribution in [3.63, 3.8) is 0 Å². The summed E-state index contributed by atoms with van der Waals surface area (Å²) in [7, 11) is 1.88. The Balaban J connectivity index is 1.33. The van der Waals surface area contributed by atoms with Crippen LogP contribution in [-0.2, 0) is 21.5 Å². The molecule has 1 fully saturated rings. The summed E-state index contributed by atoms with van der Waals surface area (Å²) < 4.78 is 0. The average molecular weight is 423 g/mol. The number of piperazine rings is 1. The first-order chi connectivity index (χ1) is 14.9. The fourth-order valence-corrected chi connectivity index (χ4v) is 4.58. The van der Waals surface area contributed by atoms with Gasteiger partial charge < -0.3 is 14.6 Å². The molecule has 1 aromatic carbocycles. The molecule has 0 aromatic heterocycles. The van der Waals surface area contributed by atoms with E-state index in [0.29, 0.717) is 13.0 Å². The van der Waals surface area contributed by atoms with Crippen LogP contribution in [0.5, 0.6) is 0 Å². The van der Waals surface area contributed by atoms with Gasteiger partial charge in [0.05, 0.1) is 0 Å². The molecule has 1 saturated heterocycles. The second-order valence-corrected chi connectivity index (χ2v) is 9.31. The topological polar surface area (TPSA) is 48.4 Å². The van der Waals surface area contributed by atoms with Crippen molar-refractivity contribution in [3.05, 3.63) is 53.6 Å². The lowest BCUT2D eigenvalue weighted by Gasteiger charge is -2.37. The quantitative estimate of drug-likeness (QED) is 0.750. The third-order valence-electron chi connectivity index (χ3n) is 6.60.